The molecule has 8 heteroatoms. The van der Waals surface area contributed by atoms with Crippen molar-refractivity contribution in [2.45, 2.75) is 12.5 Å². The van der Waals surface area contributed by atoms with Gasteiger partial charge >= 0.3 is 0 Å². The standard InChI is InChI=1S/C22H24N4O4/c1-22(20(28)23-2,21(29)24-30)26(4)19(27)15-7-5-14(6-8-15)16-9-10-18-17(13-16)11-12-25(18)3/h5-13,30H,1-4H3,(H,23,28)(H,24,29). The maximum absolute atomic E-state index is 12.9. The first-order valence-corrected chi connectivity index (χ1v) is 9.34. The molecule has 0 fully saturated rings. The molecule has 0 aliphatic rings. The van der Waals surface area contributed by atoms with Gasteiger partial charge in [-0.1, -0.05) is 18.2 Å². The van der Waals surface area contributed by atoms with Gasteiger partial charge < -0.3 is 14.8 Å². The van der Waals surface area contributed by atoms with Gasteiger partial charge in [-0.05, 0) is 48.4 Å². The van der Waals surface area contributed by atoms with E-state index in [1.54, 1.807) is 12.1 Å². The number of aromatic nitrogens is 1. The lowest BCUT2D eigenvalue weighted by molar-refractivity contribution is -0.148. The zero-order chi connectivity index (χ0) is 22.1. The number of hydroxylamine groups is 1. The van der Waals surface area contributed by atoms with Crippen molar-refractivity contribution >= 4 is 28.6 Å². The number of rotatable bonds is 5. The Morgan fingerprint density at radius 1 is 1.00 bits per heavy atom. The fourth-order valence-electron chi connectivity index (χ4n) is 3.42. The van der Waals surface area contributed by atoms with Crippen molar-refractivity contribution in [1.82, 2.24) is 20.3 Å². The predicted molar refractivity (Wildman–Crippen MR) is 113 cm³/mol. The van der Waals surface area contributed by atoms with Gasteiger partial charge in [-0.2, -0.15) is 0 Å². The quantitative estimate of drug-likeness (QED) is 0.341. The van der Waals surface area contributed by atoms with E-state index in [0.29, 0.717) is 5.56 Å². The molecule has 8 nitrogen and oxygen atoms in total. The van der Waals surface area contributed by atoms with Crippen LogP contribution in [0.15, 0.2) is 54.7 Å². The molecular formula is C22H24N4O4. The Morgan fingerprint density at radius 2 is 1.63 bits per heavy atom. The summed E-state index contributed by atoms with van der Waals surface area (Å²) in [4.78, 5) is 38.4. The molecule has 0 saturated heterocycles. The lowest BCUT2D eigenvalue weighted by Gasteiger charge is -2.34. The van der Waals surface area contributed by atoms with Crippen LogP contribution in [0.25, 0.3) is 22.0 Å². The zero-order valence-electron chi connectivity index (χ0n) is 17.3. The van der Waals surface area contributed by atoms with Crippen LogP contribution < -0.4 is 10.8 Å². The smallest absolute Gasteiger partial charge is 0.278 e. The first kappa shape index (κ1) is 21.1. The van der Waals surface area contributed by atoms with Crippen molar-refractivity contribution in [2.24, 2.45) is 7.05 Å². The Morgan fingerprint density at radius 3 is 2.23 bits per heavy atom. The van der Waals surface area contributed by atoms with E-state index in [-0.39, 0.29) is 0 Å². The molecule has 1 heterocycles. The summed E-state index contributed by atoms with van der Waals surface area (Å²) in [5.41, 5.74) is 2.92. The number of nitrogens with zero attached hydrogens (tertiary/aromatic N) is 2. The molecule has 3 amide bonds. The summed E-state index contributed by atoms with van der Waals surface area (Å²) in [6.07, 6.45) is 2.00. The summed E-state index contributed by atoms with van der Waals surface area (Å²) in [5, 5.41) is 12.5. The van der Waals surface area contributed by atoms with E-state index >= 15 is 0 Å². The molecule has 0 aliphatic carbocycles. The van der Waals surface area contributed by atoms with E-state index in [1.165, 1.54) is 26.5 Å². The second kappa shape index (κ2) is 8.00. The average molecular weight is 408 g/mol. The minimum atomic E-state index is -1.92. The zero-order valence-corrected chi connectivity index (χ0v) is 17.3. The highest BCUT2D eigenvalue weighted by atomic mass is 16.5. The highest BCUT2D eigenvalue weighted by Gasteiger charge is 2.47. The number of amides is 3. The van der Waals surface area contributed by atoms with Crippen LogP contribution in [0, 0.1) is 0 Å². The van der Waals surface area contributed by atoms with Gasteiger partial charge in [0.2, 0.25) is 0 Å². The number of nitrogens with one attached hydrogen (secondary N) is 2. The molecule has 30 heavy (non-hydrogen) atoms. The predicted octanol–water partition coefficient (Wildman–Crippen LogP) is 1.93. The van der Waals surface area contributed by atoms with Crippen LogP contribution in [-0.2, 0) is 16.6 Å². The number of carbonyl (C=O) groups excluding carboxylic acids is 3. The Labute approximate surface area is 174 Å². The Kier molecular flexibility index (Phi) is 5.62. The van der Waals surface area contributed by atoms with Crippen LogP contribution >= 0.6 is 0 Å². The summed E-state index contributed by atoms with van der Waals surface area (Å²) < 4.78 is 2.04. The first-order valence-electron chi connectivity index (χ1n) is 9.34. The van der Waals surface area contributed by atoms with Crippen LogP contribution in [0.2, 0.25) is 0 Å². The third-order valence-corrected chi connectivity index (χ3v) is 5.54. The monoisotopic (exact) mass is 408 g/mol. The van der Waals surface area contributed by atoms with Gasteiger partial charge in [-0.15, -0.1) is 0 Å². The van der Waals surface area contributed by atoms with E-state index in [2.05, 4.69) is 11.4 Å². The molecule has 1 atom stereocenters. The summed E-state index contributed by atoms with van der Waals surface area (Å²) in [5.74, 6) is -2.27. The fraction of sp³-hybridized carbons (Fsp3) is 0.227. The van der Waals surface area contributed by atoms with Crippen molar-refractivity contribution in [3.63, 3.8) is 0 Å². The van der Waals surface area contributed by atoms with Gasteiger partial charge in [-0.3, -0.25) is 19.6 Å². The molecule has 3 aromatic rings. The molecule has 3 rings (SSSR count). The second-order valence-electron chi connectivity index (χ2n) is 7.23. The topological polar surface area (TPSA) is 104 Å². The summed E-state index contributed by atoms with van der Waals surface area (Å²) in [7, 11) is 4.68. The van der Waals surface area contributed by atoms with Crippen molar-refractivity contribution in [1.29, 1.82) is 0 Å². The van der Waals surface area contributed by atoms with Gasteiger partial charge in [0.1, 0.15) is 0 Å². The van der Waals surface area contributed by atoms with Gasteiger partial charge in [0, 0.05) is 43.8 Å². The highest BCUT2D eigenvalue weighted by Crippen LogP contribution is 2.26. The molecule has 0 saturated carbocycles. The minimum absolute atomic E-state index is 0.308. The summed E-state index contributed by atoms with van der Waals surface area (Å²) in [6, 6.07) is 15.1. The Bertz CT molecular complexity index is 1100. The Balaban J connectivity index is 1.89. The van der Waals surface area contributed by atoms with Crippen LogP contribution in [0.3, 0.4) is 0 Å². The Hall–Kier alpha value is -3.65. The lowest BCUT2D eigenvalue weighted by atomic mass is 9.96. The van der Waals surface area contributed by atoms with Crippen LogP contribution in [-0.4, -0.2) is 52.0 Å². The second-order valence-corrected chi connectivity index (χ2v) is 7.23. The van der Waals surface area contributed by atoms with Gasteiger partial charge in [0.25, 0.3) is 17.7 Å². The molecule has 0 radical (unpaired) electrons. The number of benzene rings is 2. The minimum Gasteiger partial charge on any atom is -0.357 e. The number of hydrogen-bond acceptors (Lipinski definition) is 4. The van der Waals surface area contributed by atoms with Crippen LogP contribution in [0.4, 0.5) is 0 Å². The molecule has 0 spiro atoms. The maximum Gasteiger partial charge on any atom is 0.278 e. The molecule has 1 aromatic heterocycles. The molecule has 0 aliphatic heterocycles. The molecule has 1 unspecified atom stereocenters. The van der Waals surface area contributed by atoms with Gasteiger partial charge in [0.15, 0.2) is 5.54 Å². The maximum atomic E-state index is 12.9. The van der Waals surface area contributed by atoms with E-state index < -0.39 is 23.3 Å². The number of aryl methyl sites for hydroxylation is 1. The summed E-state index contributed by atoms with van der Waals surface area (Å²) in [6.45, 7) is 1.26. The third-order valence-electron chi connectivity index (χ3n) is 5.54. The number of hydrogen-bond donors (Lipinski definition) is 3. The van der Waals surface area contributed by atoms with Crippen molar-refractivity contribution in [3.8, 4) is 11.1 Å². The van der Waals surface area contributed by atoms with Crippen LogP contribution in [0.1, 0.15) is 17.3 Å². The number of fused-ring (bicyclic) bond motifs is 1. The van der Waals surface area contributed by atoms with Crippen molar-refractivity contribution in [3.05, 3.63) is 60.3 Å². The first-order chi connectivity index (χ1) is 14.2. The van der Waals surface area contributed by atoms with Crippen LogP contribution in [0.5, 0.6) is 0 Å². The normalized spacial score (nSPS) is 12.8. The lowest BCUT2D eigenvalue weighted by Crippen LogP contribution is -2.64. The van der Waals surface area contributed by atoms with Gasteiger partial charge in [0.05, 0.1) is 0 Å². The van der Waals surface area contributed by atoms with E-state index in [1.807, 2.05) is 48.1 Å². The van der Waals surface area contributed by atoms with Crippen molar-refractivity contribution < 1.29 is 19.6 Å². The molecular weight excluding hydrogens is 384 g/mol. The van der Waals surface area contributed by atoms with E-state index in [9.17, 15) is 14.4 Å². The number of carbonyl (C=O) groups is 3. The SMILES string of the molecule is CNC(=O)C(C)(C(=O)NO)N(C)C(=O)c1ccc(-c2ccc3c(ccn3C)c2)cc1. The largest absolute Gasteiger partial charge is 0.357 e. The van der Waals surface area contributed by atoms with Crippen molar-refractivity contribution in [2.75, 3.05) is 14.1 Å². The fourth-order valence-corrected chi connectivity index (χ4v) is 3.42. The third kappa shape index (κ3) is 3.42. The van der Waals surface area contributed by atoms with E-state index in [0.717, 1.165) is 26.9 Å². The average Bonchev–Trinajstić information content (AvgIpc) is 3.16. The molecule has 2 aromatic carbocycles. The van der Waals surface area contributed by atoms with E-state index in [4.69, 9.17) is 5.21 Å². The van der Waals surface area contributed by atoms with Gasteiger partial charge in [-0.25, -0.2) is 5.48 Å². The molecule has 156 valence electrons. The summed E-state index contributed by atoms with van der Waals surface area (Å²) >= 11 is 0. The highest BCUT2D eigenvalue weighted by molar-refractivity contribution is 6.12. The number of likely N-dealkylation sites (N-methyl/N-ethyl adjacent to an activating group) is 2. The molecule has 3 N–H and O–H groups in total. The molecule has 0 bridgehead atoms.